The molecule has 0 saturated heterocycles. The molecule has 90 valence electrons. The molecule has 0 unspecified atom stereocenters. The molecule has 1 heterocycles. The number of hydrogen-bond donors (Lipinski definition) is 2. The summed E-state index contributed by atoms with van der Waals surface area (Å²) in [6, 6.07) is 0. The van der Waals surface area contributed by atoms with Gasteiger partial charge >= 0.3 is 0 Å². The van der Waals surface area contributed by atoms with Gasteiger partial charge in [-0.2, -0.15) is 0 Å². The summed E-state index contributed by atoms with van der Waals surface area (Å²) in [5, 5.41) is 3.88. The maximum absolute atomic E-state index is 11.5. The van der Waals surface area contributed by atoms with Crippen molar-refractivity contribution in [3.8, 4) is 0 Å². The van der Waals surface area contributed by atoms with E-state index in [4.69, 9.17) is 5.73 Å². The van der Waals surface area contributed by atoms with Crippen LogP contribution < -0.4 is 11.1 Å². The smallest absolute Gasteiger partial charge is 0.220 e. The molecule has 0 atom stereocenters. The van der Waals surface area contributed by atoms with E-state index in [0.717, 1.165) is 9.88 Å². The van der Waals surface area contributed by atoms with Crippen LogP contribution in [0.4, 0.5) is 0 Å². The Kier molecular flexibility index (Phi) is 4.44. The van der Waals surface area contributed by atoms with Crippen molar-refractivity contribution in [2.45, 2.75) is 45.7 Å². The number of hydrogen-bond acceptors (Lipinski definition) is 4. The Labute approximate surface area is 100 Å². The molecule has 0 aliphatic heterocycles. The van der Waals surface area contributed by atoms with Crippen molar-refractivity contribution in [1.29, 1.82) is 0 Å². The number of aryl methyl sites for hydroxylation is 1. The van der Waals surface area contributed by atoms with Crippen LogP contribution in [0.15, 0.2) is 6.20 Å². The molecule has 4 nitrogen and oxygen atoms in total. The molecule has 0 aliphatic carbocycles. The van der Waals surface area contributed by atoms with Gasteiger partial charge in [-0.05, 0) is 27.2 Å². The van der Waals surface area contributed by atoms with Gasteiger partial charge in [-0.3, -0.25) is 4.79 Å². The quantitative estimate of drug-likeness (QED) is 0.822. The minimum absolute atomic E-state index is 0.0459. The summed E-state index contributed by atoms with van der Waals surface area (Å²) >= 11 is 1.60. The zero-order valence-electron chi connectivity index (χ0n) is 10.0. The fourth-order valence-corrected chi connectivity index (χ4v) is 1.93. The molecule has 0 spiro atoms. The predicted octanol–water partition coefficient (Wildman–Crippen LogP) is 1.59. The van der Waals surface area contributed by atoms with E-state index < -0.39 is 0 Å². The van der Waals surface area contributed by atoms with Gasteiger partial charge in [0.05, 0.1) is 11.6 Å². The van der Waals surface area contributed by atoms with Crippen molar-refractivity contribution in [3.63, 3.8) is 0 Å². The number of nitrogens with zero attached hydrogens (tertiary/aromatic N) is 1. The SMILES string of the molecule is Cc1ncc(CNC(=O)CCC(C)(C)N)s1. The third-order valence-corrected chi connectivity index (χ3v) is 3.04. The van der Waals surface area contributed by atoms with Gasteiger partial charge in [-0.25, -0.2) is 4.98 Å². The Morgan fingerprint density at radius 1 is 1.62 bits per heavy atom. The molecule has 1 amide bonds. The lowest BCUT2D eigenvalue weighted by Gasteiger charge is -2.17. The van der Waals surface area contributed by atoms with Crippen LogP contribution in [0.5, 0.6) is 0 Å². The Hall–Kier alpha value is -0.940. The number of aromatic nitrogens is 1. The summed E-state index contributed by atoms with van der Waals surface area (Å²) in [7, 11) is 0. The Morgan fingerprint density at radius 2 is 2.31 bits per heavy atom. The van der Waals surface area contributed by atoms with Gasteiger partial charge in [-0.15, -0.1) is 11.3 Å². The highest BCUT2D eigenvalue weighted by Gasteiger charge is 2.13. The van der Waals surface area contributed by atoms with Crippen molar-refractivity contribution in [3.05, 3.63) is 16.1 Å². The van der Waals surface area contributed by atoms with Gasteiger partial charge in [0.2, 0.25) is 5.91 Å². The fraction of sp³-hybridized carbons (Fsp3) is 0.636. The first kappa shape index (κ1) is 13.1. The van der Waals surface area contributed by atoms with Crippen LogP contribution >= 0.6 is 11.3 Å². The second-order valence-corrected chi connectivity index (χ2v) is 5.93. The number of carbonyl (C=O) groups is 1. The van der Waals surface area contributed by atoms with Crippen molar-refractivity contribution in [2.24, 2.45) is 5.73 Å². The van der Waals surface area contributed by atoms with E-state index in [1.165, 1.54) is 0 Å². The summed E-state index contributed by atoms with van der Waals surface area (Å²) in [5.41, 5.74) is 5.53. The zero-order valence-corrected chi connectivity index (χ0v) is 10.9. The van der Waals surface area contributed by atoms with Crippen LogP contribution in [0.25, 0.3) is 0 Å². The average molecular weight is 241 g/mol. The molecule has 16 heavy (non-hydrogen) atoms. The lowest BCUT2D eigenvalue weighted by atomic mass is 10.00. The molecule has 0 aromatic carbocycles. The van der Waals surface area contributed by atoms with Crippen LogP contribution in [0.2, 0.25) is 0 Å². The largest absolute Gasteiger partial charge is 0.351 e. The molecular formula is C11H19N3OS. The highest BCUT2D eigenvalue weighted by molar-refractivity contribution is 7.11. The molecule has 0 fully saturated rings. The number of nitrogens with two attached hydrogens (primary N) is 1. The Bertz CT molecular complexity index is 354. The Balaban J connectivity index is 2.25. The van der Waals surface area contributed by atoms with Gasteiger partial charge < -0.3 is 11.1 Å². The lowest BCUT2D eigenvalue weighted by Crippen LogP contribution is -2.34. The number of thiazole rings is 1. The van der Waals surface area contributed by atoms with Crippen molar-refractivity contribution in [2.75, 3.05) is 0 Å². The summed E-state index contributed by atoms with van der Waals surface area (Å²) < 4.78 is 0. The second kappa shape index (κ2) is 5.41. The summed E-state index contributed by atoms with van der Waals surface area (Å²) in [6.07, 6.45) is 2.97. The molecule has 0 radical (unpaired) electrons. The number of rotatable bonds is 5. The van der Waals surface area contributed by atoms with Gasteiger partial charge in [0.25, 0.3) is 0 Å². The minimum Gasteiger partial charge on any atom is -0.351 e. The fourth-order valence-electron chi connectivity index (χ4n) is 1.20. The highest BCUT2D eigenvalue weighted by atomic mass is 32.1. The van der Waals surface area contributed by atoms with Gasteiger partial charge in [0.1, 0.15) is 0 Å². The monoisotopic (exact) mass is 241 g/mol. The number of amides is 1. The minimum atomic E-state index is -0.279. The van der Waals surface area contributed by atoms with Crippen molar-refractivity contribution in [1.82, 2.24) is 10.3 Å². The van der Waals surface area contributed by atoms with Crippen molar-refractivity contribution < 1.29 is 4.79 Å². The lowest BCUT2D eigenvalue weighted by molar-refractivity contribution is -0.121. The van der Waals surface area contributed by atoms with Crippen LogP contribution in [0.3, 0.4) is 0 Å². The normalized spacial score (nSPS) is 11.5. The maximum atomic E-state index is 11.5. The molecular weight excluding hydrogens is 222 g/mol. The van der Waals surface area contributed by atoms with Gasteiger partial charge in [-0.1, -0.05) is 0 Å². The number of carbonyl (C=O) groups excluding carboxylic acids is 1. The van der Waals surface area contributed by atoms with E-state index in [0.29, 0.717) is 19.4 Å². The average Bonchev–Trinajstić information content (AvgIpc) is 2.57. The first-order valence-corrected chi connectivity index (χ1v) is 6.15. The summed E-state index contributed by atoms with van der Waals surface area (Å²) in [4.78, 5) is 16.7. The van der Waals surface area contributed by atoms with Crippen molar-refractivity contribution >= 4 is 17.2 Å². The molecule has 1 aromatic rings. The number of nitrogens with one attached hydrogen (secondary N) is 1. The second-order valence-electron chi connectivity index (χ2n) is 4.61. The van der Waals surface area contributed by atoms with Crippen LogP contribution in [-0.4, -0.2) is 16.4 Å². The first-order valence-electron chi connectivity index (χ1n) is 5.34. The molecule has 0 aliphatic rings. The summed E-state index contributed by atoms with van der Waals surface area (Å²) in [6.45, 7) is 6.36. The van der Waals surface area contributed by atoms with E-state index in [9.17, 15) is 4.79 Å². The third kappa shape index (κ3) is 5.23. The molecule has 0 saturated carbocycles. The van der Waals surface area contributed by atoms with Crippen LogP contribution in [-0.2, 0) is 11.3 Å². The predicted molar refractivity (Wildman–Crippen MR) is 66.2 cm³/mol. The van der Waals surface area contributed by atoms with Gasteiger partial charge in [0.15, 0.2) is 0 Å². The van der Waals surface area contributed by atoms with Crippen LogP contribution in [0.1, 0.15) is 36.6 Å². The highest BCUT2D eigenvalue weighted by Crippen LogP contribution is 2.11. The maximum Gasteiger partial charge on any atom is 0.220 e. The third-order valence-electron chi connectivity index (χ3n) is 2.13. The van der Waals surface area contributed by atoms with E-state index in [-0.39, 0.29) is 11.4 Å². The molecule has 1 rings (SSSR count). The van der Waals surface area contributed by atoms with E-state index in [1.807, 2.05) is 20.8 Å². The first-order chi connectivity index (χ1) is 7.37. The van der Waals surface area contributed by atoms with Gasteiger partial charge in [0, 0.05) is 23.0 Å². The van der Waals surface area contributed by atoms with E-state index in [1.54, 1.807) is 17.5 Å². The summed E-state index contributed by atoms with van der Waals surface area (Å²) in [5.74, 6) is 0.0459. The topological polar surface area (TPSA) is 68.0 Å². The zero-order chi connectivity index (χ0) is 12.2. The van der Waals surface area contributed by atoms with Crippen LogP contribution in [0, 0.1) is 6.92 Å². The molecule has 3 N–H and O–H groups in total. The standard InChI is InChI=1S/C11H19N3OS/c1-8-13-6-9(16-8)7-14-10(15)4-5-11(2,3)12/h6H,4-5,7,12H2,1-3H3,(H,14,15). The molecule has 1 aromatic heterocycles. The Morgan fingerprint density at radius 3 is 2.81 bits per heavy atom. The van der Waals surface area contributed by atoms with E-state index >= 15 is 0 Å². The van der Waals surface area contributed by atoms with E-state index in [2.05, 4.69) is 10.3 Å². The molecule has 0 bridgehead atoms. The molecule has 5 heteroatoms.